The molecule has 1 aliphatic heterocycles. The Morgan fingerprint density at radius 1 is 1.38 bits per heavy atom. The van der Waals surface area contributed by atoms with Gasteiger partial charge in [-0.1, -0.05) is 13.8 Å². The summed E-state index contributed by atoms with van der Waals surface area (Å²) in [4.78, 5) is 18.7. The quantitative estimate of drug-likeness (QED) is 0.604. The number of amides is 1. The van der Waals surface area contributed by atoms with Crippen molar-refractivity contribution in [3.63, 3.8) is 0 Å². The molecular formula is C18H34N4O2. The molecule has 6 nitrogen and oxygen atoms in total. The molecule has 24 heavy (non-hydrogen) atoms. The van der Waals surface area contributed by atoms with E-state index >= 15 is 0 Å². The summed E-state index contributed by atoms with van der Waals surface area (Å²) >= 11 is 0. The van der Waals surface area contributed by atoms with Crippen LogP contribution >= 0.6 is 0 Å². The zero-order valence-corrected chi connectivity index (χ0v) is 16.3. The van der Waals surface area contributed by atoms with Gasteiger partial charge in [-0.15, -0.1) is 0 Å². The van der Waals surface area contributed by atoms with E-state index in [2.05, 4.69) is 29.5 Å². The van der Waals surface area contributed by atoms with Crippen LogP contribution in [-0.2, 0) is 9.53 Å². The third-order valence-electron chi connectivity index (χ3n) is 4.95. The molecule has 2 N–H and O–H groups in total. The average molecular weight is 338 g/mol. The molecule has 3 unspecified atom stereocenters. The summed E-state index contributed by atoms with van der Waals surface area (Å²) < 4.78 is 5.86. The maximum absolute atomic E-state index is 12.2. The molecule has 0 aromatic carbocycles. The highest BCUT2D eigenvalue weighted by molar-refractivity contribution is 5.87. The van der Waals surface area contributed by atoms with Gasteiger partial charge in [0.25, 0.3) is 0 Å². The number of rotatable bonds is 4. The standard InChI is InChI=1S/C18H34N4O2/c1-8-19-16(22(7)11-13(23)21-17(2,3)4)20-14-12-9-10-24-15(12)18(14,5)6/h12,14-15H,8-11H2,1-7H3,(H,19,20)(H,21,23). The predicted molar refractivity (Wildman–Crippen MR) is 97.1 cm³/mol. The maximum atomic E-state index is 12.2. The first-order chi connectivity index (χ1) is 11.1. The first-order valence-corrected chi connectivity index (χ1v) is 9.01. The van der Waals surface area contributed by atoms with Crippen molar-refractivity contribution in [1.29, 1.82) is 0 Å². The Morgan fingerprint density at radius 3 is 2.62 bits per heavy atom. The van der Waals surface area contributed by atoms with E-state index in [4.69, 9.17) is 4.74 Å². The predicted octanol–water partition coefficient (Wildman–Crippen LogP) is 1.61. The number of likely N-dealkylation sites (N-methyl/N-ethyl adjacent to an activating group) is 1. The minimum Gasteiger partial charge on any atom is -0.377 e. The van der Waals surface area contributed by atoms with Gasteiger partial charge < -0.3 is 20.3 Å². The van der Waals surface area contributed by atoms with E-state index in [9.17, 15) is 4.79 Å². The van der Waals surface area contributed by atoms with E-state index < -0.39 is 0 Å². The molecule has 1 saturated carbocycles. The average Bonchev–Trinajstić information content (AvgIpc) is 2.87. The van der Waals surface area contributed by atoms with Gasteiger partial charge in [0.15, 0.2) is 5.96 Å². The monoisotopic (exact) mass is 338 g/mol. The van der Waals surface area contributed by atoms with Crippen molar-refractivity contribution >= 4 is 11.9 Å². The highest BCUT2D eigenvalue weighted by Crippen LogP contribution is 2.52. The SMILES string of the molecule is CCN=C(NC1C2CCOC2C1(C)C)N(C)CC(=O)NC(C)(C)C. The molecule has 0 aromatic rings. The van der Waals surface area contributed by atoms with Crippen LogP contribution in [0.4, 0.5) is 0 Å². The van der Waals surface area contributed by atoms with Gasteiger partial charge in [0.2, 0.25) is 5.91 Å². The third kappa shape index (κ3) is 4.02. The zero-order chi connectivity index (χ0) is 18.1. The van der Waals surface area contributed by atoms with E-state index in [1.165, 1.54) is 0 Å². The molecule has 1 amide bonds. The lowest BCUT2D eigenvalue weighted by Crippen LogP contribution is -2.68. The molecule has 3 atom stereocenters. The smallest absolute Gasteiger partial charge is 0.240 e. The summed E-state index contributed by atoms with van der Waals surface area (Å²) in [6, 6.07) is 0.337. The third-order valence-corrected chi connectivity index (χ3v) is 4.95. The molecule has 0 bridgehead atoms. The minimum atomic E-state index is -0.224. The van der Waals surface area contributed by atoms with Gasteiger partial charge in [-0.2, -0.15) is 0 Å². The molecule has 1 saturated heterocycles. The summed E-state index contributed by atoms with van der Waals surface area (Å²) in [6.45, 7) is 14.3. The molecule has 2 aliphatic rings. The van der Waals surface area contributed by atoms with E-state index in [1.807, 2.05) is 39.6 Å². The molecule has 0 aromatic heterocycles. The molecule has 2 rings (SSSR count). The van der Waals surface area contributed by atoms with Gasteiger partial charge in [-0.3, -0.25) is 9.79 Å². The topological polar surface area (TPSA) is 66.0 Å². The van der Waals surface area contributed by atoms with Crippen LogP contribution in [0.3, 0.4) is 0 Å². The maximum Gasteiger partial charge on any atom is 0.240 e. The lowest BCUT2D eigenvalue weighted by molar-refractivity contribution is -0.122. The van der Waals surface area contributed by atoms with Crippen LogP contribution in [0.15, 0.2) is 4.99 Å². The molecule has 0 spiro atoms. The number of hydrogen-bond donors (Lipinski definition) is 2. The second-order valence-corrected chi connectivity index (χ2v) is 8.64. The molecule has 6 heteroatoms. The second-order valence-electron chi connectivity index (χ2n) is 8.64. The number of nitrogens with zero attached hydrogens (tertiary/aromatic N) is 2. The summed E-state index contributed by atoms with van der Waals surface area (Å²) in [5, 5.41) is 6.60. The van der Waals surface area contributed by atoms with Gasteiger partial charge in [0.05, 0.1) is 12.6 Å². The number of carbonyl (C=O) groups is 1. The van der Waals surface area contributed by atoms with E-state index in [1.54, 1.807) is 0 Å². The summed E-state index contributed by atoms with van der Waals surface area (Å²) in [5.74, 6) is 1.34. The fourth-order valence-corrected chi connectivity index (χ4v) is 3.93. The second kappa shape index (κ2) is 6.90. The number of fused-ring (bicyclic) bond motifs is 1. The van der Waals surface area contributed by atoms with Crippen molar-refractivity contribution in [2.24, 2.45) is 16.3 Å². The van der Waals surface area contributed by atoms with Gasteiger partial charge >= 0.3 is 0 Å². The normalized spacial score (nSPS) is 28.8. The largest absolute Gasteiger partial charge is 0.377 e. The van der Waals surface area contributed by atoms with Crippen LogP contribution in [0.25, 0.3) is 0 Å². The fraction of sp³-hybridized carbons (Fsp3) is 0.889. The van der Waals surface area contributed by atoms with Crippen molar-refractivity contribution in [2.45, 2.75) is 65.6 Å². The molecule has 138 valence electrons. The van der Waals surface area contributed by atoms with Crippen molar-refractivity contribution in [3.8, 4) is 0 Å². The summed E-state index contributed by atoms with van der Waals surface area (Å²) in [6.07, 6.45) is 1.44. The summed E-state index contributed by atoms with van der Waals surface area (Å²) in [5.41, 5.74) is -0.137. The van der Waals surface area contributed by atoms with Crippen molar-refractivity contribution in [2.75, 3.05) is 26.7 Å². The van der Waals surface area contributed by atoms with E-state index in [-0.39, 0.29) is 16.9 Å². The summed E-state index contributed by atoms with van der Waals surface area (Å²) in [7, 11) is 1.91. The molecule has 2 fully saturated rings. The van der Waals surface area contributed by atoms with Gasteiger partial charge in [0.1, 0.15) is 0 Å². The Bertz CT molecular complexity index is 496. The number of hydrogen-bond acceptors (Lipinski definition) is 3. The minimum absolute atomic E-state index is 0.00514. The van der Waals surface area contributed by atoms with Crippen LogP contribution in [0.1, 0.15) is 48.0 Å². The first-order valence-electron chi connectivity index (χ1n) is 9.01. The van der Waals surface area contributed by atoms with Crippen molar-refractivity contribution in [1.82, 2.24) is 15.5 Å². The Kier molecular flexibility index (Phi) is 5.47. The Morgan fingerprint density at radius 2 is 2.04 bits per heavy atom. The molecular weight excluding hydrogens is 304 g/mol. The molecule has 0 radical (unpaired) electrons. The van der Waals surface area contributed by atoms with Gasteiger partial charge in [-0.25, -0.2) is 0 Å². The Hall–Kier alpha value is -1.30. The number of ether oxygens (including phenoxy) is 1. The lowest BCUT2D eigenvalue weighted by atomic mass is 9.57. The van der Waals surface area contributed by atoms with Crippen LogP contribution in [0, 0.1) is 11.3 Å². The molecule has 1 heterocycles. The zero-order valence-electron chi connectivity index (χ0n) is 16.3. The highest BCUT2D eigenvalue weighted by atomic mass is 16.5. The number of aliphatic imine (C=N–C) groups is 1. The molecule has 1 aliphatic carbocycles. The van der Waals surface area contributed by atoms with Crippen molar-refractivity contribution < 1.29 is 9.53 Å². The first kappa shape index (κ1) is 19.0. The van der Waals surface area contributed by atoms with E-state index in [0.29, 0.717) is 31.2 Å². The Balaban J connectivity index is 1.99. The van der Waals surface area contributed by atoms with Gasteiger partial charge in [0, 0.05) is 43.1 Å². The number of nitrogens with one attached hydrogen (secondary N) is 2. The van der Waals surface area contributed by atoms with Crippen LogP contribution in [-0.4, -0.2) is 61.2 Å². The Labute approximate surface area is 146 Å². The van der Waals surface area contributed by atoms with Crippen molar-refractivity contribution in [3.05, 3.63) is 0 Å². The number of carbonyl (C=O) groups excluding carboxylic acids is 1. The number of guanidine groups is 1. The van der Waals surface area contributed by atoms with Crippen LogP contribution < -0.4 is 10.6 Å². The van der Waals surface area contributed by atoms with Crippen LogP contribution in [0.2, 0.25) is 0 Å². The lowest BCUT2D eigenvalue weighted by Gasteiger charge is -2.55. The fourth-order valence-electron chi connectivity index (χ4n) is 3.93. The van der Waals surface area contributed by atoms with Crippen LogP contribution in [0.5, 0.6) is 0 Å². The highest BCUT2D eigenvalue weighted by Gasteiger charge is 2.59. The van der Waals surface area contributed by atoms with E-state index in [0.717, 1.165) is 19.0 Å². The van der Waals surface area contributed by atoms with Gasteiger partial charge in [-0.05, 0) is 34.1 Å².